The molecule has 3 heteroatoms. The average Bonchev–Trinajstić information content (AvgIpc) is 2.46. The number of rotatable bonds is 5. The van der Waals surface area contributed by atoms with Crippen LogP contribution in [0.5, 0.6) is 0 Å². The van der Waals surface area contributed by atoms with Crippen LogP contribution < -0.4 is 5.73 Å². The van der Waals surface area contributed by atoms with Gasteiger partial charge in [-0.25, -0.2) is 0 Å². The summed E-state index contributed by atoms with van der Waals surface area (Å²) in [7, 11) is 0. The normalized spacial score (nSPS) is 20.6. The summed E-state index contributed by atoms with van der Waals surface area (Å²) in [5.41, 5.74) is 7.12. The Labute approximate surface area is 110 Å². The summed E-state index contributed by atoms with van der Waals surface area (Å²) >= 11 is 0. The van der Waals surface area contributed by atoms with Crippen LogP contribution in [0.3, 0.4) is 0 Å². The van der Waals surface area contributed by atoms with Crippen LogP contribution in [0, 0.1) is 5.92 Å². The molecule has 1 aliphatic rings. The summed E-state index contributed by atoms with van der Waals surface area (Å²) in [6, 6.07) is 10.7. The standard InChI is InChI=1S/C15H24N2O/c16-11-14(12-18)15(13-7-3-1-4-8-13)17-9-5-2-6-10-17/h1,3-4,7-8,14-15,18H,2,5-6,9-12,16H2/t14-,15-/m1/s1. The predicted octanol–water partition coefficient (Wildman–Crippen LogP) is 1.78. The van der Waals surface area contributed by atoms with Gasteiger partial charge >= 0.3 is 0 Å². The van der Waals surface area contributed by atoms with E-state index in [1.54, 1.807) is 0 Å². The SMILES string of the molecule is NC[C@H](CO)[C@@H](c1ccccc1)N1CCCCC1. The molecule has 2 rings (SSSR count). The summed E-state index contributed by atoms with van der Waals surface area (Å²) < 4.78 is 0. The molecule has 1 heterocycles. The van der Waals surface area contributed by atoms with Crippen molar-refractivity contribution >= 4 is 0 Å². The third-order valence-electron chi connectivity index (χ3n) is 3.91. The van der Waals surface area contributed by atoms with Crippen LogP contribution in [0.4, 0.5) is 0 Å². The molecule has 0 radical (unpaired) electrons. The number of aliphatic hydroxyl groups is 1. The van der Waals surface area contributed by atoms with E-state index in [2.05, 4.69) is 29.2 Å². The van der Waals surface area contributed by atoms with Gasteiger partial charge < -0.3 is 10.8 Å². The van der Waals surface area contributed by atoms with Crippen molar-refractivity contribution in [2.75, 3.05) is 26.2 Å². The van der Waals surface area contributed by atoms with E-state index in [4.69, 9.17) is 5.73 Å². The summed E-state index contributed by atoms with van der Waals surface area (Å²) in [6.45, 7) is 2.94. The predicted molar refractivity (Wildman–Crippen MR) is 74.2 cm³/mol. The zero-order chi connectivity index (χ0) is 12.8. The largest absolute Gasteiger partial charge is 0.396 e. The van der Waals surface area contributed by atoms with Gasteiger partial charge in [0, 0.05) is 18.6 Å². The first-order chi connectivity index (χ1) is 8.86. The molecule has 18 heavy (non-hydrogen) atoms. The van der Waals surface area contributed by atoms with E-state index in [0.717, 1.165) is 13.1 Å². The summed E-state index contributed by atoms with van der Waals surface area (Å²) in [4.78, 5) is 2.49. The van der Waals surface area contributed by atoms with Crippen molar-refractivity contribution in [3.05, 3.63) is 35.9 Å². The lowest BCUT2D eigenvalue weighted by atomic mass is 9.90. The fourth-order valence-corrected chi connectivity index (χ4v) is 2.93. The minimum absolute atomic E-state index is 0.130. The zero-order valence-corrected chi connectivity index (χ0v) is 11.0. The second kappa shape index (κ2) is 6.88. The number of nitrogens with two attached hydrogens (primary N) is 1. The van der Waals surface area contributed by atoms with Crippen LogP contribution in [0.15, 0.2) is 30.3 Å². The minimum atomic E-state index is 0.130. The number of benzene rings is 1. The summed E-state index contributed by atoms with van der Waals surface area (Å²) in [5.74, 6) is 0.130. The van der Waals surface area contributed by atoms with Gasteiger partial charge in [0.1, 0.15) is 0 Å². The highest BCUT2D eigenvalue weighted by Gasteiger charge is 2.28. The molecule has 0 aromatic heterocycles. The van der Waals surface area contributed by atoms with Crippen LogP contribution in [0.1, 0.15) is 30.9 Å². The van der Waals surface area contributed by atoms with Gasteiger partial charge in [-0.15, -0.1) is 0 Å². The Morgan fingerprint density at radius 1 is 1.11 bits per heavy atom. The van der Waals surface area contributed by atoms with E-state index in [0.29, 0.717) is 6.54 Å². The van der Waals surface area contributed by atoms with E-state index in [1.165, 1.54) is 24.8 Å². The van der Waals surface area contributed by atoms with E-state index in [9.17, 15) is 5.11 Å². The Kier molecular flexibility index (Phi) is 5.17. The second-order valence-electron chi connectivity index (χ2n) is 5.13. The highest BCUT2D eigenvalue weighted by atomic mass is 16.3. The number of aliphatic hydroxyl groups excluding tert-OH is 1. The van der Waals surface area contributed by atoms with Crippen molar-refractivity contribution in [3.63, 3.8) is 0 Å². The summed E-state index contributed by atoms with van der Waals surface area (Å²) in [5, 5.41) is 9.58. The number of hydrogen-bond acceptors (Lipinski definition) is 3. The highest BCUT2D eigenvalue weighted by Crippen LogP contribution is 2.30. The molecule has 1 fully saturated rings. The highest BCUT2D eigenvalue weighted by molar-refractivity contribution is 5.20. The molecule has 1 saturated heterocycles. The number of nitrogens with zero attached hydrogens (tertiary/aromatic N) is 1. The molecular weight excluding hydrogens is 224 g/mol. The molecule has 0 bridgehead atoms. The van der Waals surface area contributed by atoms with Gasteiger partial charge in [0.05, 0.1) is 0 Å². The monoisotopic (exact) mass is 248 g/mol. The third-order valence-corrected chi connectivity index (χ3v) is 3.91. The quantitative estimate of drug-likeness (QED) is 0.835. The smallest absolute Gasteiger partial charge is 0.0489 e. The Bertz CT molecular complexity index is 332. The maximum atomic E-state index is 9.58. The zero-order valence-electron chi connectivity index (χ0n) is 11.0. The molecular formula is C15H24N2O. The maximum Gasteiger partial charge on any atom is 0.0489 e. The van der Waals surface area contributed by atoms with Crippen molar-refractivity contribution in [1.82, 2.24) is 4.90 Å². The molecule has 3 nitrogen and oxygen atoms in total. The van der Waals surface area contributed by atoms with Gasteiger partial charge in [0.2, 0.25) is 0 Å². The molecule has 1 aromatic carbocycles. The lowest BCUT2D eigenvalue weighted by Crippen LogP contribution is -2.41. The van der Waals surface area contributed by atoms with E-state index in [1.807, 2.05) is 6.07 Å². The molecule has 0 aliphatic carbocycles. The van der Waals surface area contributed by atoms with Crippen molar-refractivity contribution in [1.29, 1.82) is 0 Å². The Morgan fingerprint density at radius 3 is 2.33 bits per heavy atom. The topological polar surface area (TPSA) is 49.5 Å². The number of hydrogen-bond donors (Lipinski definition) is 2. The summed E-state index contributed by atoms with van der Waals surface area (Å²) in [6.07, 6.45) is 3.84. The van der Waals surface area contributed by atoms with E-state index >= 15 is 0 Å². The first-order valence-corrected chi connectivity index (χ1v) is 6.96. The fraction of sp³-hybridized carbons (Fsp3) is 0.600. The van der Waals surface area contributed by atoms with Gasteiger partial charge in [-0.2, -0.15) is 0 Å². The third kappa shape index (κ3) is 3.10. The molecule has 1 aromatic rings. The maximum absolute atomic E-state index is 9.58. The van der Waals surface area contributed by atoms with Gasteiger partial charge in [-0.3, -0.25) is 4.90 Å². The first kappa shape index (κ1) is 13.5. The van der Waals surface area contributed by atoms with E-state index in [-0.39, 0.29) is 18.6 Å². The molecule has 0 unspecified atom stereocenters. The average molecular weight is 248 g/mol. The first-order valence-electron chi connectivity index (χ1n) is 6.96. The number of piperidine rings is 1. The van der Waals surface area contributed by atoms with Crippen LogP contribution in [-0.4, -0.2) is 36.2 Å². The number of likely N-dealkylation sites (tertiary alicyclic amines) is 1. The van der Waals surface area contributed by atoms with Crippen LogP contribution in [0.2, 0.25) is 0 Å². The van der Waals surface area contributed by atoms with Crippen molar-refractivity contribution < 1.29 is 5.11 Å². The lowest BCUT2D eigenvalue weighted by Gasteiger charge is -2.38. The van der Waals surface area contributed by atoms with Crippen molar-refractivity contribution in [3.8, 4) is 0 Å². The fourth-order valence-electron chi connectivity index (χ4n) is 2.93. The van der Waals surface area contributed by atoms with Crippen molar-refractivity contribution in [2.45, 2.75) is 25.3 Å². The Balaban J connectivity index is 2.21. The van der Waals surface area contributed by atoms with Crippen LogP contribution in [0.25, 0.3) is 0 Å². The van der Waals surface area contributed by atoms with E-state index < -0.39 is 0 Å². The molecule has 100 valence electrons. The molecule has 3 N–H and O–H groups in total. The van der Waals surface area contributed by atoms with Gasteiger partial charge in [-0.05, 0) is 38.0 Å². The molecule has 0 amide bonds. The Hall–Kier alpha value is -0.900. The van der Waals surface area contributed by atoms with Gasteiger partial charge in [-0.1, -0.05) is 36.8 Å². The van der Waals surface area contributed by atoms with Crippen LogP contribution in [-0.2, 0) is 0 Å². The minimum Gasteiger partial charge on any atom is -0.396 e. The molecule has 0 spiro atoms. The Morgan fingerprint density at radius 2 is 1.78 bits per heavy atom. The van der Waals surface area contributed by atoms with Gasteiger partial charge in [0.25, 0.3) is 0 Å². The van der Waals surface area contributed by atoms with Crippen LogP contribution >= 0.6 is 0 Å². The molecule has 2 atom stereocenters. The second-order valence-corrected chi connectivity index (χ2v) is 5.13. The van der Waals surface area contributed by atoms with Crippen molar-refractivity contribution in [2.24, 2.45) is 11.7 Å². The molecule has 0 saturated carbocycles. The molecule has 1 aliphatic heterocycles. The lowest BCUT2D eigenvalue weighted by molar-refractivity contribution is 0.0841. The van der Waals surface area contributed by atoms with Gasteiger partial charge in [0.15, 0.2) is 0 Å².